The van der Waals surface area contributed by atoms with Crippen molar-refractivity contribution in [1.82, 2.24) is 0 Å². The topological polar surface area (TPSA) is 105 Å². The molecule has 3 N–H and O–H groups in total. The number of benzene rings is 1. The zero-order chi connectivity index (χ0) is 19.4. The molecule has 1 aromatic carbocycles. The lowest BCUT2D eigenvalue weighted by molar-refractivity contribution is -0.139. The molecule has 8 heteroatoms. The van der Waals surface area contributed by atoms with E-state index >= 15 is 0 Å². The van der Waals surface area contributed by atoms with Gasteiger partial charge in [-0.3, -0.25) is 0 Å². The van der Waals surface area contributed by atoms with Crippen molar-refractivity contribution < 1.29 is 29.3 Å². The van der Waals surface area contributed by atoms with Crippen LogP contribution in [-0.2, 0) is 9.53 Å². The molecule has 2 aromatic rings. The minimum atomic E-state index is -1.15. The van der Waals surface area contributed by atoms with E-state index in [0.29, 0.717) is 11.6 Å². The molecule has 3 rings (SSSR count). The first-order valence-electron chi connectivity index (χ1n) is 8.61. The van der Waals surface area contributed by atoms with Crippen molar-refractivity contribution in [3.05, 3.63) is 34.7 Å². The predicted octanol–water partition coefficient (Wildman–Crippen LogP) is 3.48. The Hall–Kier alpha value is -2.58. The van der Waals surface area contributed by atoms with Crippen molar-refractivity contribution in [2.24, 2.45) is 0 Å². The molecule has 0 bridgehead atoms. The van der Waals surface area contributed by atoms with Crippen LogP contribution < -0.4 is 10.1 Å². The van der Waals surface area contributed by atoms with Crippen LogP contribution in [0.4, 0.5) is 5.69 Å². The lowest BCUT2D eigenvalue weighted by atomic mass is 10.1. The third-order valence-electron chi connectivity index (χ3n) is 4.34. The van der Waals surface area contributed by atoms with E-state index < -0.39 is 18.5 Å². The Balaban J connectivity index is 1.89. The van der Waals surface area contributed by atoms with Gasteiger partial charge in [0.05, 0.1) is 0 Å². The second kappa shape index (κ2) is 8.41. The number of hydrogen-bond donors (Lipinski definition) is 3. The third-order valence-corrected chi connectivity index (χ3v) is 5.65. The van der Waals surface area contributed by atoms with Crippen molar-refractivity contribution in [3.8, 4) is 16.2 Å². The molecular weight excluding hydrogens is 370 g/mol. The van der Waals surface area contributed by atoms with Gasteiger partial charge >= 0.3 is 11.9 Å². The number of ether oxygens (including phenoxy) is 2. The highest BCUT2D eigenvalue weighted by atomic mass is 32.1. The van der Waals surface area contributed by atoms with E-state index in [2.05, 4.69) is 5.32 Å². The first kappa shape index (κ1) is 19.2. The molecule has 2 heterocycles. The largest absolute Gasteiger partial charge is 0.480 e. The van der Waals surface area contributed by atoms with Gasteiger partial charge in [0.25, 0.3) is 0 Å². The van der Waals surface area contributed by atoms with Crippen molar-refractivity contribution >= 4 is 29.0 Å². The summed E-state index contributed by atoms with van der Waals surface area (Å²) in [6.07, 6.45) is 1.89. The van der Waals surface area contributed by atoms with Gasteiger partial charge in [-0.05, 0) is 37.5 Å². The normalized spacial score (nSPS) is 14.7. The van der Waals surface area contributed by atoms with Gasteiger partial charge in [0, 0.05) is 35.4 Å². The van der Waals surface area contributed by atoms with Crippen LogP contribution in [0.25, 0.3) is 10.4 Å². The highest BCUT2D eigenvalue weighted by molar-refractivity contribution is 7.18. The Morgan fingerprint density at radius 2 is 2.04 bits per heavy atom. The van der Waals surface area contributed by atoms with Crippen LogP contribution in [-0.4, -0.2) is 48.0 Å². The van der Waals surface area contributed by atoms with Gasteiger partial charge in [0.2, 0.25) is 0 Å². The van der Waals surface area contributed by atoms with E-state index in [9.17, 15) is 14.7 Å². The number of aliphatic carboxylic acids is 1. The maximum Gasteiger partial charge on any atom is 0.349 e. The number of anilines is 1. The summed E-state index contributed by atoms with van der Waals surface area (Å²) in [4.78, 5) is 23.1. The number of hydrogen-bond acceptors (Lipinski definition) is 6. The summed E-state index contributed by atoms with van der Waals surface area (Å²) in [6, 6.07) is 8.11. The number of rotatable bonds is 7. The minimum Gasteiger partial charge on any atom is -0.480 e. The lowest BCUT2D eigenvalue weighted by Gasteiger charge is -2.24. The number of carboxylic acids is 2. The number of thiophene rings is 1. The van der Waals surface area contributed by atoms with E-state index in [1.807, 2.05) is 24.3 Å². The van der Waals surface area contributed by atoms with E-state index in [4.69, 9.17) is 14.6 Å². The molecule has 27 heavy (non-hydrogen) atoms. The summed E-state index contributed by atoms with van der Waals surface area (Å²) < 4.78 is 10.6. The van der Waals surface area contributed by atoms with Gasteiger partial charge in [-0.15, -0.1) is 11.3 Å². The first-order chi connectivity index (χ1) is 13.0. The molecule has 0 unspecified atom stereocenters. The number of aromatic carboxylic acids is 1. The first-order valence-corrected chi connectivity index (χ1v) is 9.43. The standard InChI is InChI=1S/C19H21NO6S/c1-11-16(26-10-15(21)22)18(19(23)24)27-17(11)12-3-2-4-14(9-12)20-13-5-7-25-8-6-13/h2-4,9,13,20H,5-8,10H2,1H3,(H,21,22)(H,23,24). The van der Waals surface area contributed by atoms with Crippen LogP contribution in [0, 0.1) is 6.92 Å². The van der Waals surface area contributed by atoms with Crippen LogP contribution in [0.5, 0.6) is 5.75 Å². The SMILES string of the molecule is Cc1c(-c2cccc(NC3CCOCC3)c2)sc(C(=O)O)c1OCC(=O)O. The van der Waals surface area contributed by atoms with Gasteiger partial charge in [0.15, 0.2) is 11.5 Å². The number of carboxylic acid groups (broad SMARTS) is 2. The Bertz CT molecular complexity index is 841. The summed E-state index contributed by atoms with van der Waals surface area (Å²) in [5.41, 5.74) is 2.45. The maximum atomic E-state index is 11.6. The van der Waals surface area contributed by atoms with Gasteiger partial charge < -0.3 is 25.0 Å². The van der Waals surface area contributed by atoms with Crippen molar-refractivity contribution in [3.63, 3.8) is 0 Å². The molecule has 1 aliphatic heterocycles. The van der Waals surface area contributed by atoms with Crippen LogP contribution in [0.1, 0.15) is 28.1 Å². The zero-order valence-electron chi connectivity index (χ0n) is 14.9. The van der Waals surface area contributed by atoms with E-state index in [0.717, 1.165) is 53.5 Å². The molecular formula is C19H21NO6S. The molecule has 1 aliphatic rings. The average Bonchev–Trinajstić information content (AvgIpc) is 2.98. The highest BCUT2D eigenvalue weighted by Crippen LogP contribution is 2.42. The molecule has 0 saturated carbocycles. The van der Waals surface area contributed by atoms with Crippen molar-refractivity contribution in [1.29, 1.82) is 0 Å². The molecule has 1 fully saturated rings. The molecule has 0 amide bonds. The van der Waals surface area contributed by atoms with Crippen LogP contribution in [0.2, 0.25) is 0 Å². The maximum absolute atomic E-state index is 11.6. The predicted molar refractivity (Wildman–Crippen MR) is 102 cm³/mol. The van der Waals surface area contributed by atoms with Crippen molar-refractivity contribution in [2.75, 3.05) is 25.1 Å². The summed E-state index contributed by atoms with van der Waals surface area (Å²) in [5.74, 6) is -2.17. The Kier molecular flexibility index (Phi) is 5.98. The van der Waals surface area contributed by atoms with Crippen LogP contribution in [0.15, 0.2) is 24.3 Å². The third kappa shape index (κ3) is 4.58. The van der Waals surface area contributed by atoms with Crippen molar-refractivity contribution in [2.45, 2.75) is 25.8 Å². The van der Waals surface area contributed by atoms with E-state index in [1.54, 1.807) is 6.92 Å². The molecule has 0 atom stereocenters. The molecule has 7 nitrogen and oxygen atoms in total. The molecule has 144 valence electrons. The smallest absolute Gasteiger partial charge is 0.349 e. The monoisotopic (exact) mass is 391 g/mol. The van der Waals surface area contributed by atoms with Crippen LogP contribution >= 0.6 is 11.3 Å². The Morgan fingerprint density at radius 1 is 1.30 bits per heavy atom. The van der Waals surface area contributed by atoms with E-state index in [-0.39, 0.29) is 10.6 Å². The Labute approximate surface area is 160 Å². The minimum absolute atomic E-state index is 0.00606. The van der Waals surface area contributed by atoms with Crippen LogP contribution in [0.3, 0.4) is 0 Å². The summed E-state index contributed by atoms with van der Waals surface area (Å²) >= 11 is 1.09. The molecule has 1 saturated heterocycles. The lowest BCUT2D eigenvalue weighted by Crippen LogP contribution is -2.27. The second-order valence-electron chi connectivity index (χ2n) is 6.31. The molecule has 0 spiro atoms. The quantitative estimate of drug-likeness (QED) is 0.664. The second-order valence-corrected chi connectivity index (χ2v) is 7.33. The van der Waals surface area contributed by atoms with Gasteiger partial charge in [-0.2, -0.15) is 0 Å². The summed E-state index contributed by atoms with van der Waals surface area (Å²) in [5, 5.41) is 21.8. The fourth-order valence-electron chi connectivity index (χ4n) is 3.05. The van der Waals surface area contributed by atoms with Gasteiger partial charge in [-0.25, -0.2) is 9.59 Å². The molecule has 0 radical (unpaired) electrons. The Morgan fingerprint density at radius 3 is 2.70 bits per heavy atom. The number of carbonyl (C=O) groups is 2. The number of nitrogens with one attached hydrogen (secondary N) is 1. The fourth-order valence-corrected chi connectivity index (χ4v) is 4.14. The summed E-state index contributed by atoms with van der Waals surface area (Å²) in [6.45, 7) is 2.65. The average molecular weight is 391 g/mol. The van der Waals surface area contributed by atoms with Gasteiger partial charge in [0.1, 0.15) is 5.75 Å². The molecule has 0 aliphatic carbocycles. The zero-order valence-corrected chi connectivity index (χ0v) is 15.7. The molecule has 1 aromatic heterocycles. The fraction of sp³-hybridized carbons (Fsp3) is 0.368. The van der Waals surface area contributed by atoms with Gasteiger partial charge in [-0.1, -0.05) is 12.1 Å². The van der Waals surface area contributed by atoms with E-state index in [1.165, 1.54) is 0 Å². The summed E-state index contributed by atoms with van der Waals surface area (Å²) in [7, 11) is 0. The highest BCUT2D eigenvalue weighted by Gasteiger charge is 2.23.